The molecule has 0 radical (unpaired) electrons. The Labute approximate surface area is 244 Å². The molecule has 6 rings (SSSR count). The Kier molecular flexibility index (Phi) is 7.84. The van der Waals surface area contributed by atoms with Crippen LogP contribution >= 0.6 is 0 Å². The van der Waals surface area contributed by atoms with Gasteiger partial charge in [0.15, 0.2) is 0 Å². The van der Waals surface area contributed by atoms with Crippen LogP contribution in [0.1, 0.15) is 90.0 Å². The van der Waals surface area contributed by atoms with Crippen molar-refractivity contribution in [3.8, 4) is 0 Å². The van der Waals surface area contributed by atoms with Crippen LogP contribution in [0.25, 0.3) is 0 Å². The molecular formula is C34H45N3O4. The third-order valence-corrected chi connectivity index (χ3v) is 10.3. The van der Waals surface area contributed by atoms with Crippen LogP contribution in [0.5, 0.6) is 0 Å². The minimum atomic E-state index is -1.12. The highest BCUT2D eigenvalue weighted by atomic mass is 16.5. The van der Waals surface area contributed by atoms with Crippen molar-refractivity contribution in [2.24, 2.45) is 17.8 Å². The molecule has 0 unspecified atom stereocenters. The quantitative estimate of drug-likeness (QED) is 0.413. The van der Waals surface area contributed by atoms with Gasteiger partial charge in [-0.3, -0.25) is 14.4 Å². The largest absolute Gasteiger partial charge is 0.359 e. The Hall–Kier alpha value is -2.93. The van der Waals surface area contributed by atoms with E-state index in [9.17, 15) is 14.4 Å². The fourth-order valence-electron chi connectivity index (χ4n) is 7.87. The van der Waals surface area contributed by atoms with Gasteiger partial charge in [-0.2, -0.15) is 0 Å². The maximum Gasteiger partial charge on any atom is 0.246 e. The summed E-state index contributed by atoms with van der Waals surface area (Å²) in [4.78, 5) is 43.8. The van der Waals surface area contributed by atoms with Crippen LogP contribution in [-0.2, 0) is 19.1 Å². The zero-order valence-corrected chi connectivity index (χ0v) is 24.7. The van der Waals surface area contributed by atoms with Gasteiger partial charge in [-0.05, 0) is 74.5 Å². The second kappa shape index (κ2) is 11.4. The van der Waals surface area contributed by atoms with Gasteiger partial charge in [-0.1, -0.05) is 69.5 Å². The number of amides is 3. The Balaban J connectivity index is 1.26. The first kappa shape index (κ1) is 28.2. The molecule has 3 aliphatic heterocycles. The molecule has 3 heterocycles. The van der Waals surface area contributed by atoms with Crippen molar-refractivity contribution in [2.45, 2.75) is 108 Å². The third kappa shape index (κ3) is 5.15. The molecule has 3 amide bonds. The Morgan fingerprint density at radius 3 is 2.56 bits per heavy atom. The van der Waals surface area contributed by atoms with Crippen LogP contribution < -0.4 is 10.6 Å². The fourth-order valence-corrected chi connectivity index (χ4v) is 7.87. The number of anilines is 1. The lowest BCUT2D eigenvalue weighted by molar-refractivity contribution is -0.141. The predicted molar refractivity (Wildman–Crippen MR) is 159 cm³/mol. The van der Waals surface area contributed by atoms with Crippen molar-refractivity contribution in [1.82, 2.24) is 10.2 Å². The summed E-state index contributed by atoms with van der Waals surface area (Å²) >= 11 is 0. The first-order valence-electron chi connectivity index (χ1n) is 15.9. The number of nitrogens with zero attached hydrogens (tertiary/aromatic N) is 1. The Bertz CT molecular complexity index is 1240. The molecule has 3 fully saturated rings. The summed E-state index contributed by atoms with van der Waals surface area (Å²) in [5, 5.41) is 6.37. The lowest BCUT2D eigenvalue weighted by atomic mass is 9.74. The molecule has 7 nitrogen and oxygen atoms in total. The number of benzene rings is 1. The van der Waals surface area contributed by atoms with Crippen LogP contribution in [-0.4, -0.2) is 53.0 Å². The first-order chi connectivity index (χ1) is 19.8. The number of hydrogen-bond acceptors (Lipinski definition) is 4. The summed E-state index contributed by atoms with van der Waals surface area (Å²) in [5.74, 6) is -1.11. The zero-order valence-electron chi connectivity index (χ0n) is 24.7. The number of allylic oxidation sites excluding steroid dienone is 1. The second-order valence-corrected chi connectivity index (χ2v) is 13.2. The smallest absolute Gasteiger partial charge is 0.246 e. The molecule has 41 heavy (non-hydrogen) atoms. The topological polar surface area (TPSA) is 87.7 Å². The molecule has 1 aromatic carbocycles. The average molecular weight is 560 g/mol. The van der Waals surface area contributed by atoms with E-state index >= 15 is 0 Å². The molecule has 2 saturated heterocycles. The molecule has 220 valence electrons. The standard InChI is InChI=1S/C34H45N3O4/c1-21(2)24-13-15-25(16-14-24)35-31(38)28-27-17-19-34(41-27)29(28)33(40)37(20-18-23-10-5-4-6-11-23)30(34)32(39)36-26-12-8-7-9-22(26)3/h10,13-17,19,21-22,26-30H,4-9,11-12,18,20H2,1-3H3,(H,35,38)(H,36,39)/t22-,26-,27+,28-,29+,30+,34+/m0/s1. The van der Waals surface area contributed by atoms with Crippen molar-refractivity contribution < 1.29 is 19.1 Å². The van der Waals surface area contributed by atoms with E-state index in [1.54, 1.807) is 4.90 Å². The minimum absolute atomic E-state index is 0.0974. The van der Waals surface area contributed by atoms with E-state index in [1.807, 2.05) is 36.4 Å². The highest BCUT2D eigenvalue weighted by molar-refractivity contribution is 6.02. The monoisotopic (exact) mass is 559 g/mol. The number of rotatable bonds is 8. The number of ether oxygens (including phenoxy) is 1. The van der Waals surface area contributed by atoms with Crippen LogP contribution in [0.4, 0.5) is 5.69 Å². The summed E-state index contributed by atoms with van der Waals surface area (Å²) in [5.41, 5.74) is 2.14. The predicted octanol–water partition coefficient (Wildman–Crippen LogP) is 5.48. The number of hydrogen-bond donors (Lipinski definition) is 2. The molecule has 2 N–H and O–H groups in total. The fraction of sp³-hybridized carbons (Fsp3) is 0.618. The van der Waals surface area contributed by atoms with E-state index in [1.165, 1.54) is 30.4 Å². The van der Waals surface area contributed by atoms with Gasteiger partial charge in [0.25, 0.3) is 0 Å². The van der Waals surface area contributed by atoms with Gasteiger partial charge >= 0.3 is 0 Å². The summed E-state index contributed by atoms with van der Waals surface area (Å²) in [7, 11) is 0. The molecule has 0 aromatic heterocycles. The van der Waals surface area contributed by atoms with Gasteiger partial charge in [0, 0.05) is 18.3 Å². The van der Waals surface area contributed by atoms with Crippen molar-refractivity contribution in [2.75, 3.05) is 11.9 Å². The van der Waals surface area contributed by atoms with Crippen molar-refractivity contribution >= 4 is 23.4 Å². The first-order valence-corrected chi connectivity index (χ1v) is 15.9. The number of fused-ring (bicyclic) bond motifs is 1. The summed E-state index contributed by atoms with van der Waals surface area (Å²) in [6, 6.07) is 7.19. The lowest BCUT2D eigenvalue weighted by Gasteiger charge is -2.36. The van der Waals surface area contributed by atoms with Crippen LogP contribution in [0.2, 0.25) is 0 Å². The van der Waals surface area contributed by atoms with Gasteiger partial charge in [-0.15, -0.1) is 0 Å². The summed E-state index contributed by atoms with van der Waals surface area (Å²) < 4.78 is 6.54. The number of carbonyl (C=O) groups excluding carboxylic acids is 3. The molecule has 1 spiro atoms. The van der Waals surface area contributed by atoms with E-state index < -0.39 is 29.6 Å². The summed E-state index contributed by atoms with van der Waals surface area (Å²) in [6.45, 7) is 6.93. The van der Waals surface area contributed by atoms with Gasteiger partial charge in [-0.25, -0.2) is 0 Å². The molecule has 7 atom stereocenters. The molecule has 7 heteroatoms. The van der Waals surface area contributed by atoms with Crippen LogP contribution in [0.3, 0.4) is 0 Å². The minimum Gasteiger partial charge on any atom is -0.359 e. The number of carbonyl (C=O) groups is 3. The van der Waals surface area contributed by atoms with E-state index in [0.717, 1.165) is 38.5 Å². The maximum atomic E-state index is 14.2. The Morgan fingerprint density at radius 2 is 1.85 bits per heavy atom. The SMILES string of the molecule is CC(C)c1ccc(NC(=O)[C@H]2[C@H]3C=C[C@@]4(O3)[C@H]2C(=O)N(CCC2=CCCCC2)[C@@H]4C(=O)N[C@H]2CCCC[C@@H]2C)cc1. The van der Waals surface area contributed by atoms with Gasteiger partial charge in [0.1, 0.15) is 11.6 Å². The van der Waals surface area contributed by atoms with Gasteiger partial charge in [0.05, 0.1) is 17.9 Å². The molecular weight excluding hydrogens is 514 g/mol. The van der Waals surface area contributed by atoms with Crippen LogP contribution in [0, 0.1) is 17.8 Å². The van der Waals surface area contributed by atoms with E-state index in [4.69, 9.17) is 4.74 Å². The summed E-state index contributed by atoms with van der Waals surface area (Å²) in [6.07, 6.45) is 15.2. The molecule has 1 saturated carbocycles. The third-order valence-electron chi connectivity index (χ3n) is 10.3. The normalized spacial score (nSPS) is 34.1. The zero-order chi connectivity index (χ0) is 28.7. The molecule has 5 aliphatic rings. The molecule has 1 aromatic rings. The van der Waals surface area contributed by atoms with E-state index in [2.05, 4.69) is 37.5 Å². The molecule has 2 bridgehead atoms. The van der Waals surface area contributed by atoms with Gasteiger partial charge in [0.2, 0.25) is 17.7 Å². The molecule has 2 aliphatic carbocycles. The maximum absolute atomic E-state index is 14.2. The van der Waals surface area contributed by atoms with E-state index in [-0.39, 0.29) is 23.8 Å². The second-order valence-electron chi connectivity index (χ2n) is 13.2. The van der Waals surface area contributed by atoms with Crippen molar-refractivity contribution in [1.29, 1.82) is 0 Å². The highest BCUT2D eigenvalue weighted by Crippen LogP contribution is 2.55. The van der Waals surface area contributed by atoms with Gasteiger partial charge < -0.3 is 20.3 Å². The van der Waals surface area contributed by atoms with Crippen molar-refractivity contribution in [3.05, 3.63) is 53.6 Å². The number of likely N-dealkylation sites (tertiary alicyclic amines) is 1. The number of nitrogens with one attached hydrogen (secondary N) is 2. The Morgan fingerprint density at radius 1 is 1.07 bits per heavy atom. The lowest BCUT2D eigenvalue weighted by Crippen LogP contribution is -2.57. The van der Waals surface area contributed by atoms with Crippen molar-refractivity contribution in [3.63, 3.8) is 0 Å². The average Bonchev–Trinajstić information content (AvgIpc) is 3.61. The highest BCUT2D eigenvalue weighted by Gasteiger charge is 2.72. The van der Waals surface area contributed by atoms with E-state index in [0.29, 0.717) is 24.1 Å². The van der Waals surface area contributed by atoms with Crippen LogP contribution in [0.15, 0.2) is 48.1 Å².